The minimum atomic E-state index is -1.59. The maximum Gasteiger partial charge on any atom is 0.330 e. The molecule has 1 N–H and O–H groups in total. The van der Waals surface area contributed by atoms with Gasteiger partial charge >= 0.3 is 5.69 Å². The lowest BCUT2D eigenvalue weighted by molar-refractivity contribution is -0.0592. The van der Waals surface area contributed by atoms with Gasteiger partial charge in [-0.1, -0.05) is 19.8 Å². The lowest BCUT2D eigenvalue weighted by atomic mass is 9.86. The minimum absolute atomic E-state index is 0.349. The Labute approximate surface area is 113 Å². The number of halogens is 2. The van der Waals surface area contributed by atoms with Gasteiger partial charge in [0.05, 0.1) is 6.20 Å². The summed E-state index contributed by atoms with van der Waals surface area (Å²) in [5.74, 6) is 0.555. The van der Waals surface area contributed by atoms with E-state index in [2.05, 4.69) is 5.92 Å². The van der Waals surface area contributed by atoms with Crippen molar-refractivity contribution in [3.05, 3.63) is 32.9 Å². The second-order valence-corrected chi connectivity index (χ2v) is 4.77. The topological polar surface area (TPSA) is 64.1 Å². The number of aromatic amines is 1. The number of nitrogens with one attached hydrogen (secondary N) is 1. The van der Waals surface area contributed by atoms with Crippen LogP contribution >= 0.6 is 0 Å². The summed E-state index contributed by atoms with van der Waals surface area (Å²) in [5.41, 5.74) is -3.26. The first-order chi connectivity index (χ1) is 9.36. The van der Waals surface area contributed by atoms with Crippen molar-refractivity contribution in [2.24, 2.45) is 5.92 Å². The van der Waals surface area contributed by atoms with Gasteiger partial charge in [-0.3, -0.25) is 14.3 Å². The van der Waals surface area contributed by atoms with Gasteiger partial charge in [0.2, 0.25) is 5.82 Å². The summed E-state index contributed by atoms with van der Waals surface area (Å²) in [6.07, 6.45) is 3.43. The molecule has 0 aliphatic carbocycles. The number of aromatic nitrogens is 2. The van der Waals surface area contributed by atoms with E-state index in [4.69, 9.17) is 11.2 Å². The highest BCUT2D eigenvalue weighted by Crippen LogP contribution is 2.44. The summed E-state index contributed by atoms with van der Waals surface area (Å²) in [7, 11) is 0. The fourth-order valence-electron chi connectivity index (χ4n) is 2.42. The molecule has 0 bridgehead atoms. The van der Waals surface area contributed by atoms with Crippen LogP contribution in [0.2, 0.25) is 0 Å². The molecule has 2 heterocycles. The van der Waals surface area contributed by atoms with E-state index in [0.29, 0.717) is 17.2 Å². The minimum Gasteiger partial charge on any atom is -0.335 e. The molecule has 5 nitrogen and oxygen atoms in total. The normalized spacial score (nSPS) is 33.0. The molecule has 0 aromatic carbocycles. The van der Waals surface area contributed by atoms with Crippen LogP contribution in [0.4, 0.5) is 8.78 Å². The Morgan fingerprint density at radius 2 is 2.25 bits per heavy atom. The number of rotatable bonds is 2. The maximum atomic E-state index is 14.4. The second kappa shape index (κ2) is 4.87. The molecule has 1 aromatic heterocycles. The molecule has 7 heteroatoms. The number of nitrogens with zero attached hydrogens (tertiary/aromatic N) is 1. The van der Waals surface area contributed by atoms with Gasteiger partial charge in [-0.05, 0) is 6.42 Å². The van der Waals surface area contributed by atoms with E-state index < -0.39 is 41.0 Å². The van der Waals surface area contributed by atoms with E-state index in [9.17, 15) is 18.4 Å². The van der Waals surface area contributed by atoms with Crippen molar-refractivity contribution >= 4 is 0 Å². The van der Waals surface area contributed by atoms with Gasteiger partial charge in [0.25, 0.3) is 5.56 Å². The predicted octanol–water partition coefficient (Wildman–Crippen LogP) is 0.961. The van der Waals surface area contributed by atoms with E-state index in [1.54, 1.807) is 18.8 Å². The van der Waals surface area contributed by atoms with Crippen LogP contribution in [0.5, 0.6) is 0 Å². The van der Waals surface area contributed by atoms with E-state index >= 15 is 0 Å². The van der Waals surface area contributed by atoms with Crippen molar-refractivity contribution in [1.82, 2.24) is 9.55 Å². The fraction of sp³-hybridized carbons (Fsp3) is 0.538. The molecule has 108 valence electrons. The zero-order chi connectivity index (χ0) is 15.1. The van der Waals surface area contributed by atoms with Crippen LogP contribution in [-0.4, -0.2) is 21.3 Å². The Bertz CT molecular complexity index is 675. The first-order valence-electron chi connectivity index (χ1n) is 6.17. The zero-order valence-corrected chi connectivity index (χ0v) is 11.0. The maximum absolute atomic E-state index is 14.4. The van der Waals surface area contributed by atoms with Crippen molar-refractivity contribution in [1.29, 1.82) is 0 Å². The quantitative estimate of drug-likeness (QED) is 0.823. The Hall–Kier alpha value is -1.94. The van der Waals surface area contributed by atoms with Gasteiger partial charge < -0.3 is 4.74 Å². The molecule has 20 heavy (non-hydrogen) atoms. The molecular weight excluding hydrogens is 270 g/mol. The lowest BCUT2D eigenvalue weighted by Gasteiger charge is -2.25. The summed E-state index contributed by atoms with van der Waals surface area (Å²) < 4.78 is 33.8. The highest BCUT2D eigenvalue weighted by molar-refractivity contribution is 5.16. The van der Waals surface area contributed by atoms with Crippen LogP contribution in [0.15, 0.2) is 15.8 Å². The summed E-state index contributed by atoms with van der Waals surface area (Å²) in [5, 5.41) is 0. The Balaban J connectivity index is 2.51. The van der Waals surface area contributed by atoms with Gasteiger partial charge in [-0.2, -0.15) is 4.39 Å². The summed E-state index contributed by atoms with van der Waals surface area (Å²) in [4.78, 5) is 24.4. The molecule has 0 radical (unpaired) electrons. The number of hydrogen-bond donors (Lipinski definition) is 1. The van der Waals surface area contributed by atoms with Crippen LogP contribution in [-0.2, 0) is 4.74 Å². The van der Waals surface area contributed by atoms with Gasteiger partial charge in [0.1, 0.15) is 5.60 Å². The molecule has 0 saturated carbocycles. The van der Waals surface area contributed by atoms with E-state index in [1.165, 1.54) is 0 Å². The molecule has 0 amide bonds. The Morgan fingerprint density at radius 3 is 2.75 bits per heavy atom. The molecule has 1 aliphatic rings. The van der Waals surface area contributed by atoms with Gasteiger partial charge in [0.15, 0.2) is 12.4 Å². The van der Waals surface area contributed by atoms with Crippen molar-refractivity contribution in [2.45, 2.75) is 38.3 Å². The molecule has 1 saturated heterocycles. The summed E-state index contributed by atoms with van der Waals surface area (Å²) >= 11 is 0. The smallest absolute Gasteiger partial charge is 0.330 e. The molecule has 2 rings (SSSR count). The number of hydrogen-bond acceptors (Lipinski definition) is 3. The van der Waals surface area contributed by atoms with Gasteiger partial charge in [-0.25, -0.2) is 9.18 Å². The van der Waals surface area contributed by atoms with Crippen molar-refractivity contribution in [3.8, 4) is 12.3 Å². The highest BCUT2D eigenvalue weighted by atomic mass is 19.1. The fourth-order valence-corrected chi connectivity index (χ4v) is 2.42. The average molecular weight is 284 g/mol. The van der Waals surface area contributed by atoms with Crippen LogP contribution in [0, 0.1) is 24.1 Å². The van der Waals surface area contributed by atoms with Gasteiger partial charge in [-0.15, -0.1) is 6.42 Å². The molecule has 0 spiro atoms. The van der Waals surface area contributed by atoms with Crippen molar-refractivity contribution < 1.29 is 13.5 Å². The Kier molecular flexibility index (Phi) is 3.52. The van der Waals surface area contributed by atoms with Crippen LogP contribution < -0.4 is 11.2 Å². The number of alkyl halides is 1. The van der Waals surface area contributed by atoms with Crippen LogP contribution in [0.1, 0.15) is 26.5 Å². The second-order valence-electron chi connectivity index (χ2n) is 4.77. The number of terminal acetylenes is 1. The molecule has 4 atom stereocenters. The number of H-pyrrole nitrogens is 1. The summed E-state index contributed by atoms with van der Waals surface area (Å²) in [6, 6.07) is 0. The monoisotopic (exact) mass is 284 g/mol. The third-order valence-electron chi connectivity index (χ3n) is 3.78. The SMILES string of the molecule is C#C[C@]1(CC)O[C@@H](n2cc(F)c(=O)[nH]c2=O)[C@@H](F)[C@@H]1C. The predicted molar refractivity (Wildman–Crippen MR) is 67.3 cm³/mol. The summed E-state index contributed by atoms with van der Waals surface area (Å²) in [6.45, 7) is 3.31. The van der Waals surface area contributed by atoms with Crippen LogP contribution in [0.25, 0.3) is 0 Å². The van der Waals surface area contributed by atoms with E-state index in [0.717, 1.165) is 0 Å². The molecule has 1 aliphatic heterocycles. The molecule has 1 fully saturated rings. The third-order valence-corrected chi connectivity index (χ3v) is 3.78. The molecule has 1 aromatic rings. The third kappa shape index (κ3) is 1.96. The first-order valence-corrected chi connectivity index (χ1v) is 6.17. The highest BCUT2D eigenvalue weighted by Gasteiger charge is 2.52. The lowest BCUT2D eigenvalue weighted by Crippen LogP contribution is -2.36. The standard InChI is InChI=1S/C13H14F2N2O3/c1-4-13(5-2)7(3)9(15)11(20-13)17-6-8(14)10(18)16-12(17)19/h1,6-7,9,11H,5H2,2-3H3,(H,16,18,19)/t7-,9-,11+,13+/m0/s1. The zero-order valence-electron chi connectivity index (χ0n) is 11.0. The van der Waals surface area contributed by atoms with E-state index in [-0.39, 0.29) is 0 Å². The Morgan fingerprint density at radius 1 is 1.60 bits per heavy atom. The van der Waals surface area contributed by atoms with Gasteiger partial charge in [0, 0.05) is 5.92 Å². The van der Waals surface area contributed by atoms with Crippen molar-refractivity contribution in [2.75, 3.05) is 0 Å². The largest absolute Gasteiger partial charge is 0.335 e. The average Bonchev–Trinajstić information content (AvgIpc) is 2.68. The number of ether oxygens (including phenoxy) is 1. The first kappa shape index (κ1) is 14.5. The van der Waals surface area contributed by atoms with E-state index in [1.807, 2.05) is 0 Å². The molecular formula is C13H14F2N2O3. The molecule has 0 unspecified atom stereocenters. The van der Waals surface area contributed by atoms with Crippen LogP contribution in [0.3, 0.4) is 0 Å². The van der Waals surface area contributed by atoms with Crippen molar-refractivity contribution in [3.63, 3.8) is 0 Å².